The Kier molecular flexibility index (Phi) is 4.98. The van der Waals surface area contributed by atoms with Crippen molar-refractivity contribution < 1.29 is 0 Å². The van der Waals surface area contributed by atoms with Gasteiger partial charge in [0, 0.05) is 35.9 Å². The third-order valence-corrected chi connectivity index (χ3v) is 4.67. The van der Waals surface area contributed by atoms with Gasteiger partial charge >= 0.3 is 0 Å². The van der Waals surface area contributed by atoms with Crippen LogP contribution in [0.1, 0.15) is 11.1 Å². The van der Waals surface area contributed by atoms with E-state index in [2.05, 4.69) is 32.9 Å². The number of anilines is 3. The molecule has 0 aliphatic carbocycles. The molecule has 2 aromatic carbocycles. The first-order chi connectivity index (χ1) is 12.9. The summed E-state index contributed by atoms with van der Waals surface area (Å²) in [5.74, 6) is 0.301. The van der Waals surface area contributed by atoms with Gasteiger partial charge in [0.2, 0.25) is 5.95 Å². The minimum Gasteiger partial charge on any atom is -0.397 e. The largest absolute Gasteiger partial charge is 0.397 e. The Morgan fingerprint density at radius 2 is 1.67 bits per heavy atom. The van der Waals surface area contributed by atoms with Gasteiger partial charge in [0.25, 0.3) is 0 Å². The molecule has 138 valence electrons. The number of aryl methyl sites for hydroxylation is 2. The lowest BCUT2D eigenvalue weighted by atomic mass is 10.1. The summed E-state index contributed by atoms with van der Waals surface area (Å²) < 4.78 is 2.09. The van der Waals surface area contributed by atoms with Crippen LogP contribution < -0.4 is 17.2 Å². The maximum Gasteiger partial charge on any atom is 0.220 e. The van der Waals surface area contributed by atoms with Gasteiger partial charge in [-0.25, -0.2) is 9.97 Å². The zero-order chi connectivity index (χ0) is 19.6. The number of hydrogen-bond donors (Lipinski definition) is 3. The minimum atomic E-state index is 0.301. The van der Waals surface area contributed by atoms with E-state index in [9.17, 15) is 0 Å². The number of nitrogen functional groups attached to an aromatic ring is 3. The summed E-state index contributed by atoms with van der Waals surface area (Å²) in [5.41, 5.74) is 23.6. The highest BCUT2D eigenvalue weighted by Gasteiger charge is 2.09. The van der Waals surface area contributed by atoms with Crippen molar-refractivity contribution in [2.24, 2.45) is 7.05 Å². The number of nitrogens with zero attached hydrogens (tertiary/aromatic N) is 3. The first kappa shape index (κ1) is 18.3. The van der Waals surface area contributed by atoms with Crippen molar-refractivity contribution in [3.63, 3.8) is 0 Å². The highest BCUT2D eigenvalue weighted by Crippen LogP contribution is 2.28. The molecular formula is C21H24N6. The van der Waals surface area contributed by atoms with Crippen LogP contribution >= 0.6 is 0 Å². The molecular weight excluding hydrogens is 336 g/mol. The summed E-state index contributed by atoms with van der Waals surface area (Å²) in [7, 11) is 2.02. The second kappa shape index (κ2) is 7.37. The highest BCUT2D eigenvalue weighted by molar-refractivity contribution is 5.95. The monoisotopic (exact) mass is 360 g/mol. The van der Waals surface area contributed by atoms with E-state index in [-0.39, 0.29) is 0 Å². The average Bonchev–Trinajstić information content (AvgIpc) is 3.01. The second-order valence-corrected chi connectivity index (χ2v) is 6.48. The highest BCUT2D eigenvalue weighted by atomic mass is 15.0. The van der Waals surface area contributed by atoms with Crippen LogP contribution in [0.4, 0.5) is 17.3 Å². The van der Waals surface area contributed by atoms with E-state index in [0.717, 1.165) is 16.8 Å². The summed E-state index contributed by atoms with van der Waals surface area (Å²) in [5, 5.41) is 1.17. The molecule has 4 aromatic rings. The van der Waals surface area contributed by atoms with E-state index in [1.165, 1.54) is 16.5 Å². The topological polar surface area (TPSA) is 109 Å². The fourth-order valence-corrected chi connectivity index (χ4v) is 2.93. The lowest BCUT2D eigenvalue weighted by Gasteiger charge is -2.05. The standard InChI is InChI=1S/C13H12N4.C8H12N2/c1-17-8-10(9-4-2-3-5-12(9)17)11-6-7-15-13(14)16-11;1-5-3-4-7(9)8(10)6(5)2/h2-8H,1H3,(H2,14,15,16);3-4H,9-10H2,1-2H3. The molecule has 0 aliphatic heterocycles. The number of fused-ring (bicyclic) bond motifs is 1. The van der Waals surface area contributed by atoms with Crippen molar-refractivity contribution in [3.05, 3.63) is 66.0 Å². The summed E-state index contributed by atoms with van der Waals surface area (Å²) in [6, 6.07) is 13.9. The maximum atomic E-state index is 5.66. The quantitative estimate of drug-likeness (QED) is 0.449. The molecule has 0 saturated carbocycles. The van der Waals surface area contributed by atoms with Crippen LogP contribution in [-0.4, -0.2) is 14.5 Å². The molecule has 4 rings (SSSR count). The maximum absolute atomic E-state index is 5.66. The van der Waals surface area contributed by atoms with Gasteiger partial charge in [0.15, 0.2) is 0 Å². The van der Waals surface area contributed by atoms with Gasteiger partial charge < -0.3 is 21.8 Å². The van der Waals surface area contributed by atoms with Gasteiger partial charge in [-0.1, -0.05) is 24.3 Å². The van der Waals surface area contributed by atoms with Crippen molar-refractivity contribution in [1.29, 1.82) is 0 Å². The zero-order valence-corrected chi connectivity index (χ0v) is 15.8. The number of benzene rings is 2. The van der Waals surface area contributed by atoms with E-state index in [1.807, 2.05) is 51.2 Å². The number of rotatable bonds is 1. The predicted octanol–water partition coefficient (Wildman–Crippen LogP) is 3.69. The molecule has 6 nitrogen and oxygen atoms in total. The van der Waals surface area contributed by atoms with E-state index in [4.69, 9.17) is 17.2 Å². The van der Waals surface area contributed by atoms with Gasteiger partial charge in [-0.05, 0) is 43.2 Å². The molecule has 0 amide bonds. The Bertz CT molecular complexity index is 1070. The van der Waals surface area contributed by atoms with Crippen LogP contribution in [0.2, 0.25) is 0 Å². The first-order valence-electron chi connectivity index (χ1n) is 8.62. The van der Waals surface area contributed by atoms with Crippen LogP contribution in [0.5, 0.6) is 0 Å². The molecule has 27 heavy (non-hydrogen) atoms. The van der Waals surface area contributed by atoms with Crippen molar-refractivity contribution in [2.45, 2.75) is 13.8 Å². The Balaban J connectivity index is 0.000000180. The van der Waals surface area contributed by atoms with Gasteiger partial charge in [-0.15, -0.1) is 0 Å². The summed E-state index contributed by atoms with van der Waals surface area (Å²) in [4.78, 5) is 8.17. The molecule has 0 fully saturated rings. The summed E-state index contributed by atoms with van der Waals surface area (Å²) in [6.07, 6.45) is 3.74. The Labute approximate surface area is 158 Å². The summed E-state index contributed by atoms with van der Waals surface area (Å²) in [6.45, 7) is 3.99. The second-order valence-electron chi connectivity index (χ2n) is 6.48. The number of aromatic nitrogens is 3. The number of para-hydroxylation sites is 1. The number of hydrogen-bond acceptors (Lipinski definition) is 5. The van der Waals surface area contributed by atoms with E-state index in [0.29, 0.717) is 17.3 Å². The van der Waals surface area contributed by atoms with E-state index in [1.54, 1.807) is 6.20 Å². The van der Waals surface area contributed by atoms with Gasteiger partial charge in [0.05, 0.1) is 17.1 Å². The van der Waals surface area contributed by atoms with Crippen LogP contribution in [0.25, 0.3) is 22.2 Å². The smallest absolute Gasteiger partial charge is 0.220 e. The Hall–Kier alpha value is -3.54. The lowest BCUT2D eigenvalue weighted by molar-refractivity contribution is 0.969. The molecule has 0 bridgehead atoms. The van der Waals surface area contributed by atoms with Crippen molar-refractivity contribution in [3.8, 4) is 11.3 Å². The zero-order valence-electron chi connectivity index (χ0n) is 15.8. The average molecular weight is 360 g/mol. The van der Waals surface area contributed by atoms with E-state index < -0.39 is 0 Å². The van der Waals surface area contributed by atoms with Crippen LogP contribution in [0.15, 0.2) is 54.9 Å². The molecule has 0 unspecified atom stereocenters. The fourth-order valence-electron chi connectivity index (χ4n) is 2.93. The third kappa shape index (κ3) is 3.69. The van der Waals surface area contributed by atoms with Crippen molar-refractivity contribution in [2.75, 3.05) is 17.2 Å². The molecule has 2 aromatic heterocycles. The predicted molar refractivity (Wildman–Crippen MR) is 113 cm³/mol. The third-order valence-electron chi connectivity index (χ3n) is 4.67. The normalized spacial score (nSPS) is 10.5. The minimum absolute atomic E-state index is 0.301. The van der Waals surface area contributed by atoms with E-state index >= 15 is 0 Å². The Morgan fingerprint density at radius 3 is 2.37 bits per heavy atom. The lowest BCUT2D eigenvalue weighted by Crippen LogP contribution is -1.98. The van der Waals surface area contributed by atoms with Crippen molar-refractivity contribution in [1.82, 2.24) is 14.5 Å². The molecule has 0 aliphatic rings. The summed E-state index contributed by atoms with van der Waals surface area (Å²) >= 11 is 0. The molecule has 0 saturated heterocycles. The van der Waals surface area contributed by atoms with Crippen LogP contribution in [0, 0.1) is 13.8 Å². The number of nitrogens with two attached hydrogens (primary N) is 3. The molecule has 0 spiro atoms. The fraction of sp³-hybridized carbons (Fsp3) is 0.143. The molecule has 2 heterocycles. The van der Waals surface area contributed by atoms with Crippen molar-refractivity contribution >= 4 is 28.2 Å². The molecule has 0 atom stereocenters. The molecule has 6 heteroatoms. The first-order valence-corrected chi connectivity index (χ1v) is 8.62. The molecule has 0 radical (unpaired) electrons. The van der Waals surface area contributed by atoms with Gasteiger partial charge in [0.1, 0.15) is 0 Å². The van der Waals surface area contributed by atoms with Crippen LogP contribution in [0.3, 0.4) is 0 Å². The van der Waals surface area contributed by atoms with Crippen LogP contribution in [-0.2, 0) is 7.05 Å². The SMILES string of the molecule is Cc1ccc(N)c(N)c1C.Cn1cc(-c2ccnc(N)n2)c2ccccc21. The Morgan fingerprint density at radius 1 is 0.926 bits per heavy atom. The molecule has 6 N–H and O–H groups in total. The van der Waals surface area contributed by atoms with Gasteiger partial charge in [-0.2, -0.15) is 0 Å². The van der Waals surface area contributed by atoms with Gasteiger partial charge in [-0.3, -0.25) is 0 Å².